The van der Waals surface area contributed by atoms with Gasteiger partial charge in [-0.3, -0.25) is 4.79 Å². The zero-order chi connectivity index (χ0) is 15.5. The summed E-state index contributed by atoms with van der Waals surface area (Å²) in [5.74, 6) is -0.925. The molecule has 1 amide bonds. The summed E-state index contributed by atoms with van der Waals surface area (Å²) in [6.45, 7) is 0. The van der Waals surface area contributed by atoms with Gasteiger partial charge < -0.3 is 15.8 Å². The van der Waals surface area contributed by atoms with Gasteiger partial charge in [-0.25, -0.2) is 0 Å². The van der Waals surface area contributed by atoms with Crippen molar-refractivity contribution in [1.29, 1.82) is 0 Å². The average Bonchev–Trinajstić information content (AvgIpc) is 2.40. The van der Waals surface area contributed by atoms with Crippen molar-refractivity contribution in [3.63, 3.8) is 0 Å². The zero-order valence-corrected chi connectivity index (χ0v) is 10.6. The molecular formula is C14H11F3N2O2. The number of amides is 1. The van der Waals surface area contributed by atoms with Crippen LogP contribution in [-0.4, -0.2) is 12.3 Å². The Morgan fingerprint density at radius 1 is 1.05 bits per heavy atom. The molecule has 0 atom stereocenters. The summed E-state index contributed by atoms with van der Waals surface area (Å²) in [5.41, 5.74) is 6.49. The Kier molecular flexibility index (Phi) is 4.02. The number of para-hydroxylation sites is 1. The fraction of sp³-hybridized carbons (Fsp3) is 0.0714. The van der Waals surface area contributed by atoms with Gasteiger partial charge in [0.25, 0.3) is 5.91 Å². The molecule has 0 spiro atoms. The van der Waals surface area contributed by atoms with Gasteiger partial charge >= 0.3 is 6.36 Å². The topological polar surface area (TPSA) is 64.4 Å². The lowest BCUT2D eigenvalue weighted by Crippen LogP contribution is -2.17. The molecule has 4 nitrogen and oxygen atoms in total. The summed E-state index contributed by atoms with van der Waals surface area (Å²) in [6, 6.07) is 11.7. The third-order valence-electron chi connectivity index (χ3n) is 2.56. The predicted molar refractivity (Wildman–Crippen MR) is 71.4 cm³/mol. The first-order valence-corrected chi connectivity index (χ1v) is 5.87. The second kappa shape index (κ2) is 5.74. The van der Waals surface area contributed by atoms with Crippen molar-refractivity contribution >= 4 is 17.3 Å². The number of anilines is 2. The molecule has 0 saturated carbocycles. The number of primary amides is 1. The average molecular weight is 296 g/mol. The number of ether oxygens (including phenoxy) is 1. The highest BCUT2D eigenvalue weighted by Crippen LogP contribution is 2.26. The van der Waals surface area contributed by atoms with Crippen LogP contribution in [0.25, 0.3) is 0 Å². The predicted octanol–water partition coefficient (Wildman–Crippen LogP) is 3.43. The second-order valence-electron chi connectivity index (χ2n) is 4.11. The minimum absolute atomic E-state index is 0.285. The summed E-state index contributed by atoms with van der Waals surface area (Å²) >= 11 is 0. The van der Waals surface area contributed by atoms with Crippen LogP contribution < -0.4 is 15.8 Å². The van der Waals surface area contributed by atoms with Gasteiger partial charge in [-0.05, 0) is 36.4 Å². The van der Waals surface area contributed by atoms with Crippen molar-refractivity contribution < 1.29 is 22.7 Å². The molecule has 0 bridgehead atoms. The number of hydrogen-bond acceptors (Lipinski definition) is 3. The molecule has 0 unspecified atom stereocenters. The number of nitrogens with one attached hydrogen (secondary N) is 1. The Morgan fingerprint density at radius 2 is 1.67 bits per heavy atom. The smallest absolute Gasteiger partial charge is 0.406 e. The number of alkyl halides is 3. The molecule has 7 heteroatoms. The van der Waals surface area contributed by atoms with Crippen LogP contribution in [0.1, 0.15) is 10.4 Å². The van der Waals surface area contributed by atoms with E-state index in [2.05, 4.69) is 10.1 Å². The van der Waals surface area contributed by atoms with Crippen LogP contribution in [-0.2, 0) is 0 Å². The van der Waals surface area contributed by atoms with Crippen molar-refractivity contribution in [2.75, 3.05) is 5.32 Å². The van der Waals surface area contributed by atoms with Crippen LogP contribution in [0, 0.1) is 0 Å². The molecule has 2 aromatic rings. The van der Waals surface area contributed by atoms with Crippen molar-refractivity contribution in [3.8, 4) is 5.75 Å². The van der Waals surface area contributed by atoms with Crippen molar-refractivity contribution in [3.05, 3.63) is 54.1 Å². The number of nitrogens with two attached hydrogens (primary N) is 1. The molecule has 0 aliphatic heterocycles. The number of carbonyl (C=O) groups is 1. The van der Waals surface area contributed by atoms with E-state index < -0.39 is 12.3 Å². The third kappa shape index (κ3) is 4.13. The second-order valence-corrected chi connectivity index (χ2v) is 4.11. The van der Waals surface area contributed by atoms with Crippen LogP contribution in [0.3, 0.4) is 0 Å². The normalized spacial score (nSPS) is 11.0. The highest BCUT2D eigenvalue weighted by atomic mass is 19.4. The van der Waals surface area contributed by atoms with E-state index in [-0.39, 0.29) is 11.3 Å². The minimum atomic E-state index is -4.73. The largest absolute Gasteiger partial charge is 0.573 e. The quantitative estimate of drug-likeness (QED) is 0.908. The Balaban J connectivity index is 2.16. The van der Waals surface area contributed by atoms with Crippen LogP contribution in [0.2, 0.25) is 0 Å². The summed E-state index contributed by atoms with van der Waals surface area (Å²) in [4.78, 5) is 11.3. The Bertz CT molecular complexity index is 639. The maximum absolute atomic E-state index is 12.0. The lowest BCUT2D eigenvalue weighted by molar-refractivity contribution is -0.274. The summed E-state index contributed by atoms with van der Waals surface area (Å²) in [5, 5.41) is 2.91. The third-order valence-corrected chi connectivity index (χ3v) is 2.56. The van der Waals surface area contributed by atoms with E-state index in [4.69, 9.17) is 5.73 Å². The molecule has 0 saturated heterocycles. The monoisotopic (exact) mass is 296 g/mol. The molecule has 0 aromatic heterocycles. The molecule has 0 aliphatic rings. The highest BCUT2D eigenvalue weighted by molar-refractivity contribution is 5.99. The molecule has 0 heterocycles. The Labute approximate surface area is 118 Å². The van der Waals surface area contributed by atoms with E-state index in [1.807, 2.05) is 0 Å². The van der Waals surface area contributed by atoms with Crippen molar-refractivity contribution in [2.45, 2.75) is 6.36 Å². The fourth-order valence-corrected chi connectivity index (χ4v) is 1.70. The van der Waals surface area contributed by atoms with Gasteiger partial charge in [0.05, 0.1) is 11.3 Å². The number of hydrogen-bond donors (Lipinski definition) is 2. The number of benzene rings is 2. The van der Waals surface area contributed by atoms with E-state index in [1.165, 1.54) is 24.3 Å². The number of halogens is 3. The van der Waals surface area contributed by atoms with Crippen molar-refractivity contribution in [1.82, 2.24) is 0 Å². The molecule has 21 heavy (non-hydrogen) atoms. The SMILES string of the molecule is NC(=O)c1ccccc1Nc1ccc(OC(F)(F)F)cc1. The van der Waals surface area contributed by atoms with Gasteiger partial charge in [0.15, 0.2) is 0 Å². The van der Waals surface area contributed by atoms with Crippen LogP contribution in [0.4, 0.5) is 24.5 Å². The minimum Gasteiger partial charge on any atom is -0.406 e. The zero-order valence-electron chi connectivity index (χ0n) is 10.6. The maximum Gasteiger partial charge on any atom is 0.573 e. The molecule has 0 radical (unpaired) electrons. The van der Waals surface area contributed by atoms with E-state index in [1.54, 1.807) is 24.3 Å². The number of carbonyl (C=O) groups excluding carboxylic acids is 1. The van der Waals surface area contributed by atoms with E-state index in [0.29, 0.717) is 11.4 Å². The molecule has 3 N–H and O–H groups in total. The molecular weight excluding hydrogens is 285 g/mol. The van der Waals surface area contributed by atoms with Gasteiger partial charge in [-0.15, -0.1) is 13.2 Å². The van der Waals surface area contributed by atoms with Gasteiger partial charge in [-0.2, -0.15) is 0 Å². The lowest BCUT2D eigenvalue weighted by atomic mass is 10.1. The molecule has 110 valence electrons. The number of rotatable bonds is 4. The molecule has 0 fully saturated rings. The molecule has 2 aromatic carbocycles. The highest BCUT2D eigenvalue weighted by Gasteiger charge is 2.30. The van der Waals surface area contributed by atoms with E-state index in [0.717, 1.165) is 0 Å². The Morgan fingerprint density at radius 3 is 2.24 bits per heavy atom. The van der Waals surface area contributed by atoms with E-state index in [9.17, 15) is 18.0 Å². The van der Waals surface area contributed by atoms with E-state index >= 15 is 0 Å². The van der Waals surface area contributed by atoms with Gasteiger partial charge in [0, 0.05) is 5.69 Å². The van der Waals surface area contributed by atoms with Crippen LogP contribution >= 0.6 is 0 Å². The first-order valence-electron chi connectivity index (χ1n) is 5.87. The summed E-state index contributed by atoms with van der Waals surface area (Å²) in [6.07, 6.45) is -4.73. The Hall–Kier alpha value is -2.70. The van der Waals surface area contributed by atoms with Gasteiger partial charge in [0.1, 0.15) is 5.75 Å². The fourth-order valence-electron chi connectivity index (χ4n) is 1.70. The van der Waals surface area contributed by atoms with Crippen LogP contribution in [0.15, 0.2) is 48.5 Å². The summed E-state index contributed by atoms with van der Waals surface area (Å²) in [7, 11) is 0. The lowest BCUT2D eigenvalue weighted by Gasteiger charge is -2.12. The summed E-state index contributed by atoms with van der Waals surface area (Å²) < 4.78 is 39.9. The first-order chi connectivity index (χ1) is 9.85. The molecule has 2 rings (SSSR count). The maximum atomic E-state index is 12.0. The molecule has 0 aliphatic carbocycles. The first kappa shape index (κ1) is 14.7. The standard InChI is InChI=1S/C14H11F3N2O2/c15-14(16,17)21-10-7-5-9(6-8-10)19-12-4-2-1-3-11(12)13(18)20/h1-8,19H,(H2,18,20). The van der Waals surface area contributed by atoms with Crippen molar-refractivity contribution in [2.24, 2.45) is 5.73 Å². The van der Waals surface area contributed by atoms with Gasteiger partial charge in [-0.1, -0.05) is 12.1 Å². The van der Waals surface area contributed by atoms with Gasteiger partial charge in [0.2, 0.25) is 0 Å². The van der Waals surface area contributed by atoms with Crippen LogP contribution in [0.5, 0.6) is 5.75 Å².